The molecule has 0 radical (unpaired) electrons. The maximum atomic E-state index is 10.5. The highest BCUT2D eigenvalue weighted by Crippen LogP contribution is 2.50. The Morgan fingerprint density at radius 2 is 2.08 bits per heavy atom. The molecule has 3 nitrogen and oxygen atoms in total. The summed E-state index contributed by atoms with van der Waals surface area (Å²) in [6.45, 7) is 2.36. The highest BCUT2D eigenvalue weighted by molar-refractivity contribution is 5.81. The molecule has 0 spiro atoms. The second kappa shape index (κ2) is 5.25. The van der Waals surface area contributed by atoms with E-state index in [4.69, 9.17) is 4.74 Å². The zero-order valence-corrected chi connectivity index (χ0v) is 14.1. The van der Waals surface area contributed by atoms with Crippen LogP contribution in [0.4, 0.5) is 0 Å². The Kier molecular flexibility index (Phi) is 3.14. The molecule has 1 heterocycles. The van der Waals surface area contributed by atoms with Crippen LogP contribution in [-0.2, 0) is 12.8 Å². The molecule has 1 saturated carbocycles. The van der Waals surface area contributed by atoms with E-state index in [0.29, 0.717) is 11.8 Å². The van der Waals surface area contributed by atoms with Gasteiger partial charge in [0.05, 0.1) is 7.11 Å². The van der Waals surface area contributed by atoms with Crippen LogP contribution in [0, 0.1) is 5.92 Å². The van der Waals surface area contributed by atoms with Gasteiger partial charge in [0.1, 0.15) is 11.5 Å². The van der Waals surface area contributed by atoms with E-state index in [1.165, 1.54) is 41.6 Å². The van der Waals surface area contributed by atoms with Crippen LogP contribution in [0.1, 0.15) is 35.6 Å². The largest absolute Gasteiger partial charge is 0.507 e. The Labute approximate surface area is 142 Å². The van der Waals surface area contributed by atoms with E-state index in [1.54, 1.807) is 13.2 Å². The molecule has 2 aromatic carbocycles. The molecule has 1 fully saturated rings. The van der Waals surface area contributed by atoms with E-state index in [1.807, 2.05) is 6.07 Å². The summed E-state index contributed by atoms with van der Waals surface area (Å²) < 4.78 is 5.54. The fourth-order valence-electron chi connectivity index (χ4n) is 4.57. The number of benzene rings is 2. The van der Waals surface area contributed by atoms with Crippen LogP contribution in [0.25, 0.3) is 11.1 Å². The zero-order chi connectivity index (χ0) is 16.3. The van der Waals surface area contributed by atoms with Crippen LogP contribution in [0.15, 0.2) is 30.3 Å². The van der Waals surface area contributed by atoms with E-state index in [2.05, 4.69) is 23.1 Å². The van der Waals surface area contributed by atoms with E-state index in [-0.39, 0.29) is 0 Å². The maximum absolute atomic E-state index is 10.5. The number of aromatic hydroxyl groups is 1. The van der Waals surface area contributed by atoms with Crippen molar-refractivity contribution < 1.29 is 9.84 Å². The molecular weight excluding hydrogens is 298 g/mol. The molecule has 5 rings (SSSR count). The monoisotopic (exact) mass is 321 g/mol. The fourth-order valence-corrected chi connectivity index (χ4v) is 4.57. The van der Waals surface area contributed by atoms with Crippen molar-refractivity contribution >= 4 is 0 Å². The fraction of sp³-hybridized carbons (Fsp3) is 0.429. The number of rotatable bonds is 3. The predicted octanol–water partition coefficient (Wildman–Crippen LogP) is 3.93. The predicted molar refractivity (Wildman–Crippen MR) is 94.5 cm³/mol. The number of phenols is 1. The van der Waals surface area contributed by atoms with E-state index in [9.17, 15) is 5.11 Å². The number of methoxy groups -OCH3 is 1. The number of hydrogen-bond donors (Lipinski definition) is 1. The summed E-state index contributed by atoms with van der Waals surface area (Å²) in [5, 5.41) is 10.5. The lowest BCUT2D eigenvalue weighted by Crippen LogP contribution is -2.39. The quantitative estimate of drug-likeness (QED) is 0.929. The number of hydrogen-bond acceptors (Lipinski definition) is 3. The minimum Gasteiger partial charge on any atom is -0.507 e. The minimum absolute atomic E-state index is 0.390. The summed E-state index contributed by atoms with van der Waals surface area (Å²) in [6.07, 6.45) is 4.86. The molecule has 24 heavy (non-hydrogen) atoms. The van der Waals surface area contributed by atoms with Crippen LogP contribution >= 0.6 is 0 Å². The van der Waals surface area contributed by atoms with Gasteiger partial charge in [-0.15, -0.1) is 0 Å². The van der Waals surface area contributed by atoms with Crippen LogP contribution in [0.3, 0.4) is 0 Å². The summed E-state index contributed by atoms with van der Waals surface area (Å²) >= 11 is 0. The van der Waals surface area contributed by atoms with Gasteiger partial charge in [0.2, 0.25) is 0 Å². The standard InChI is InChI=1S/C21H23NO2/c1-24-16-9-15-7-8-22(12-13-5-6-13)18-10-14-3-2-4-19(23)21(14)17(11-16)20(15)18/h2-4,9,11,13,18,23H,5-8,10,12H2,1H3/t18-/m1/s1. The molecule has 1 aliphatic heterocycles. The summed E-state index contributed by atoms with van der Waals surface area (Å²) in [7, 11) is 1.72. The van der Waals surface area contributed by atoms with Gasteiger partial charge in [-0.1, -0.05) is 12.1 Å². The third kappa shape index (κ3) is 2.15. The molecule has 3 aliphatic rings. The summed E-state index contributed by atoms with van der Waals surface area (Å²) in [4.78, 5) is 2.68. The van der Waals surface area contributed by atoms with Gasteiger partial charge in [-0.25, -0.2) is 0 Å². The summed E-state index contributed by atoms with van der Waals surface area (Å²) in [5.41, 5.74) is 6.27. The molecule has 2 aromatic rings. The van der Waals surface area contributed by atoms with Crippen LogP contribution in [0.2, 0.25) is 0 Å². The topological polar surface area (TPSA) is 32.7 Å². The number of fused-ring (bicyclic) bond motifs is 2. The summed E-state index contributed by atoms with van der Waals surface area (Å²) in [6, 6.07) is 10.7. The zero-order valence-electron chi connectivity index (χ0n) is 14.1. The van der Waals surface area contributed by atoms with Crippen molar-refractivity contribution in [3.05, 3.63) is 47.0 Å². The highest BCUT2D eigenvalue weighted by Gasteiger charge is 2.37. The number of ether oxygens (including phenoxy) is 1. The average Bonchev–Trinajstić information content (AvgIpc) is 3.41. The SMILES string of the molecule is COc1cc2c3c(c1)-c1c(O)cccc1C[C@H]3N(CC1CC1)CC2. The molecule has 2 aliphatic carbocycles. The first kappa shape index (κ1) is 14.4. The van der Waals surface area contributed by atoms with Gasteiger partial charge >= 0.3 is 0 Å². The van der Waals surface area contributed by atoms with Crippen molar-refractivity contribution in [1.29, 1.82) is 0 Å². The molecule has 0 aromatic heterocycles. The molecule has 0 bridgehead atoms. The van der Waals surface area contributed by atoms with Crippen molar-refractivity contribution in [2.75, 3.05) is 20.2 Å². The van der Waals surface area contributed by atoms with Crippen LogP contribution < -0.4 is 4.74 Å². The van der Waals surface area contributed by atoms with Gasteiger partial charge in [-0.2, -0.15) is 0 Å². The molecule has 1 N–H and O–H groups in total. The smallest absolute Gasteiger partial charge is 0.123 e. The van der Waals surface area contributed by atoms with Crippen molar-refractivity contribution in [2.24, 2.45) is 5.92 Å². The molecule has 3 heteroatoms. The number of nitrogens with zero attached hydrogens (tertiary/aromatic N) is 1. The lowest BCUT2D eigenvalue weighted by molar-refractivity contribution is 0.174. The van der Waals surface area contributed by atoms with Gasteiger partial charge < -0.3 is 9.84 Å². The lowest BCUT2D eigenvalue weighted by atomic mass is 9.76. The van der Waals surface area contributed by atoms with Gasteiger partial charge in [0, 0.05) is 24.7 Å². The lowest BCUT2D eigenvalue weighted by Gasteiger charge is -2.42. The van der Waals surface area contributed by atoms with E-state index < -0.39 is 0 Å². The molecule has 124 valence electrons. The molecular formula is C21H23NO2. The van der Waals surface area contributed by atoms with Crippen LogP contribution in [-0.4, -0.2) is 30.2 Å². The van der Waals surface area contributed by atoms with Gasteiger partial charge in [0.15, 0.2) is 0 Å². The second-order valence-corrected chi connectivity index (χ2v) is 7.47. The van der Waals surface area contributed by atoms with Gasteiger partial charge in [-0.05, 0) is 72.1 Å². The molecule has 0 saturated heterocycles. The van der Waals surface area contributed by atoms with Gasteiger partial charge in [0.25, 0.3) is 0 Å². The molecule has 0 unspecified atom stereocenters. The van der Waals surface area contributed by atoms with Crippen molar-refractivity contribution in [2.45, 2.75) is 31.7 Å². The maximum Gasteiger partial charge on any atom is 0.123 e. The third-order valence-electron chi connectivity index (χ3n) is 5.92. The normalized spacial score (nSPS) is 22.0. The first-order valence-electron chi connectivity index (χ1n) is 9.00. The first-order chi connectivity index (χ1) is 11.7. The van der Waals surface area contributed by atoms with Crippen molar-refractivity contribution in [1.82, 2.24) is 4.90 Å². The van der Waals surface area contributed by atoms with Crippen molar-refractivity contribution in [3.8, 4) is 22.6 Å². The first-order valence-corrected chi connectivity index (χ1v) is 9.00. The third-order valence-corrected chi connectivity index (χ3v) is 5.92. The van der Waals surface area contributed by atoms with Crippen LogP contribution in [0.5, 0.6) is 11.5 Å². The molecule has 0 amide bonds. The Hall–Kier alpha value is -2.00. The van der Waals surface area contributed by atoms with Crippen molar-refractivity contribution in [3.63, 3.8) is 0 Å². The minimum atomic E-state index is 0.390. The second-order valence-electron chi connectivity index (χ2n) is 7.47. The summed E-state index contributed by atoms with van der Waals surface area (Å²) in [5.74, 6) is 2.19. The highest BCUT2D eigenvalue weighted by atomic mass is 16.5. The van der Waals surface area contributed by atoms with E-state index in [0.717, 1.165) is 36.6 Å². The number of phenolic OH excluding ortho intramolecular Hbond substituents is 1. The Morgan fingerprint density at radius 3 is 2.88 bits per heavy atom. The Bertz CT molecular complexity index is 810. The Morgan fingerprint density at radius 1 is 1.21 bits per heavy atom. The Balaban J connectivity index is 1.70. The van der Waals surface area contributed by atoms with E-state index >= 15 is 0 Å². The molecule has 1 atom stereocenters. The average molecular weight is 321 g/mol. The van der Waals surface area contributed by atoms with Gasteiger partial charge in [-0.3, -0.25) is 4.90 Å².